The first-order chi connectivity index (χ1) is 26.0. The van der Waals surface area contributed by atoms with E-state index in [0.717, 1.165) is 59.9 Å². The summed E-state index contributed by atoms with van der Waals surface area (Å²) in [5.41, 5.74) is 4.43. The van der Waals surface area contributed by atoms with Crippen LogP contribution in [-0.2, 0) is 25.0 Å². The number of benzene rings is 3. The lowest BCUT2D eigenvalue weighted by Crippen LogP contribution is -2.51. The fourth-order valence-electron chi connectivity index (χ4n) is 7.98. The Morgan fingerprint density at radius 3 is 2.28 bits per heavy atom. The second-order valence-corrected chi connectivity index (χ2v) is 15.1. The Bertz CT molecular complexity index is 1820. The van der Waals surface area contributed by atoms with Crippen LogP contribution >= 0.6 is 0 Å². The van der Waals surface area contributed by atoms with Crippen molar-refractivity contribution in [3.05, 3.63) is 130 Å². The fourth-order valence-corrected chi connectivity index (χ4v) is 7.98. The number of amides is 2. The van der Waals surface area contributed by atoms with Crippen LogP contribution < -0.4 is 4.74 Å². The second-order valence-electron chi connectivity index (χ2n) is 15.1. The van der Waals surface area contributed by atoms with Crippen molar-refractivity contribution in [2.45, 2.75) is 103 Å². The maximum Gasteiger partial charge on any atom is 0.254 e. The molecule has 1 saturated carbocycles. The van der Waals surface area contributed by atoms with E-state index in [-0.39, 0.29) is 43.5 Å². The van der Waals surface area contributed by atoms with Crippen LogP contribution in [0.15, 0.2) is 91.3 Å². The summed E-state index contributed by atoms with van der Waals surface area (Å²) in [6, 6.07) is 24.8. The van der Waals surface area contributed by atoms with Crippen molar-refractivity contribution in [1.82, 2.24) is 14.8 Å². The topological polar surface area (TPSA) is 123 Å². The summed E-state index contributed by atoms with van der Waals surface area (Å²) >= 11 is 0. The van der Waals surface area contributed by atoms with Crippen molar-refractivity contribution >= 4 is 11.8 Å². The van der Waals surface area contributed by atoms with Gasteiger partial charge < -0.3 is 29.9 Å². The molecule has 1 unspecified atom stereocenters. The molecule has 0 aliphatic heterocycles. The van der Waals surface area contributed by atoms with Crippen LogP contribution in [0.1, 0.15) is 108 Å². The van der Waals surface area contributed by atoms with E-state index in [1.807, 2.05) is 105 Å². The molecule has 0 radical (unpaired) electrons. The molecule has 9 heteroatoms. The lowest BCUT2D eigenvalue weighted by Gasteiger charge is -2.41. The Hall–Kier alpha value is -4.57. The summed E-state index contributed by atoms with van der Waals surface area (Å²) in [5, 5.41) is 31.5. The number of pyridine rings is 1. The number of aromatic nitrogens is 1. The normalized spacial score (nSPS) is 14.4. The second kappa shape index (κ2) is 18.7. The van der Waals surface area contributed by atoms with Crippen molar-refractivity contribution in [3.8, 4) is 5.75 Å². The molecule has 0 bridgehead atoms. The van der Waals surface area contributed by atoms with Gasteiger partial charge in [0.2, 0.25) is 0 Å². The molecule has 1 heterocycles. The number of ether oxygens (including phenoxy) is 1. The van der Waals surface area contributed by atoms with Crippen LogP contribution in [0, 0.1) is 6.92 Å². The van der Waals surface area contributed by atoms with E-state index in [1.54, 1.807) is 17.3 Å². The summed E-state index contributed by atoms with van der Waals surface area (Å²) in [6.07, 6.45) is 8.72. The number of aryl methyl sites for hydroxylation is 2. The monoisotopic (exact) mass is 735 g/mol. The van der Waals surface area contributed by atoms with E-state index in [0.29, 0.717) is 42.9 Å². The van der Waals surface area contributed by atoms with E-state index in [4.69, 9.17) is 4.74 Å². The summed E-state index contributed by atoms with van der Waals surface area (Å²) in [7, 11) is 0. The first-order valence-corrected chi connectivity index (χ1v) is 19.4. The summed E-state index contributed by atoms with van der Waals surface area (Å²) in [6.45, 7) is 8.50. The number of carbonyl (C=O) groups is 2. The molecule has 1 atom stereocenters. The molecule has 0 saturated heterocycles. The zero-order valence-corrected chi connectivity index (χ0v) is 32.3. The van der Waals surface area contributed by atoms with E-state index in [9.17, 15) is 24.9 Å². The lowest BCUT2D eigenvalue weighted by molar-refractivity contribution is 0.0397. The summed E-state index contributed by atoms with van der Waals surface area (Å²) in [4.78, 5) is 36.3. The third kappa shape index (κ3) is 9.56. The summed E-state index contributed by atoms with van der Waals surface area (Å²) in [5.74, 6) is 0.401. The van der Waals surface area contributed by atoms with Gasteiger partial charge in [-0.1, -0.05) is 73.9 Å². The molecule has 2 amide bonds. The predicted molar refractivity (Wildman–Crippen MR) is 211 cm³/mol. The number of β-amino-alcohol motifs (C(OH)–C–C–N with tert-alkyl or cyclic N) is 1. The Morgan fingerprint density at radius 1 is 0.889 bits per heavy atom. The third-order valence-electron chi connectivity index (χ3n) is 11.2. The molecular formula is C45H57N3O6. The van der Waals surface area contributed by atoms with Crippen molar-refractivity contribution in [2.24, 2.45) is 0 Å². The first kappa shape index (κ1) is 40.6. The highest BCUT2D eigenvalue weighted by molar-refractivity contribution is 5.97. The average molecular weight is 736 g/mol. The standard InChI is InChI=1S/C45H57N3O6/c1-5-45(22-8-9-23-45)48(26-28-50)42(52)40-13-7-6-12-35(40)16-19-38(51)30-36-15-14-33(2)29-41(36)43(53)47(25-27-49)44(3,4)37-17-20-39(21-18-37)54-32-34-11-10-24-46-31-34/h6-7,10-15,17-18,20-21,24,29,31,38,49-51H,5,8-9,16,19,22-23,25-28,30,32H2,1-4H3. The predicted octanol–water partition coefficient (Wildman–Crippen LogP) is 7.03. The molecule has 9 nitrogen and oxygen atoms in total. The Kier molecular flexibility index (Phi) is 14.0. The van der Waals surface area contributed by atoms with Gasteiger partial charge in [0.05, 0.1) is 24.9 Å². The SMILES string of the molecule is CCC1(N(CCO)C(=O)c2ccccc2CCC(O)Cc2ccc(C)cc2C(=O)N(CCO)C(C)(C)c2ccc(OCc3cccnc3)cc2)CCCC1. The van der Waals surface area contributed by atoms with Gasteiger partial charge in [-0.2, -0.15) is 0 Å². The summed E-state index contributed by atoms with van der Waals surface area (Å²) < 4.78 is 5.95. The lowest BCUT2D eigenvalue weighted by atomic mass is 9.89. The number of aliphatic hydroxyl groups excluding tert-OH is 3. The molecule has 0 spiro atoms. The number of carbonyl (C=O) groups excluding carboxylic acids is 2. The van der Waals surface area contributed by atoms with Gasteiger partial charge >= 0.3 is 0 Å². The van der Waals surface area contributed by atoms with Crippen LogP contribution in [0.2, 0.25) is 0 Å². The van der Waals surface area contributed by atoms with Gasteiger partial charge in [-0.15, -0.1) is 0 Å². The largest absolute Gasteiger partial charge is 0.489 e. The van der Waals surface area contributed by atoms with Gasteiger partial charge in [-0.05, 0) is 106 Å². The van der Waals surface area contributed by atoms with Gasteiger partial charge in [0, 0.05) is 47.7 Å². The molecule has 54 heavy (non-hydrogen) atoms. The molecule has 1 aliphatic carbocycles. The van der Waals surface area contributed by atoms with Gasteiger partial charge in [0.25, 0.3) is 11.8 Å². The van der Waals surface area contributed by atoms with Crippen LogP contribution in [0.4, 0.5) is 0 Å². The average Bonchev–Trinajstić information content (AvgIpc) is 3.68. The number of rotatable bonds is 18. The molecule has 1 aliphatic rings. The first-order valence-electron chi connectivity index (χ1n) is 19.4. The van der Waals surface area contributed by atoms with Gasteiger partial charge in [-0.3, -0.25) is 14.6 Å². The van der Waals surface area contributed by atoms with Crippen molar-refractivity contribution in [3.63, 3.8) is 0 Å². The maximum atomic E-state index is 14.5. The highest BCUT2D eigenvalue weighted by atomic mass is 16.5. The molecule has 1 aromatic heterocycles. The minimum absolute atomic E-state index is 0.0669. The van der Waals surface area contributed by atoms with Gasteiger partial charge in [-0.25, -0.2) is 0 Å². The third-order valence-corrected chi connectivity index (χ3v) is 11.2. The molecule has 5 rings (SSSR count). The highest BCUT2D eigenvalue weighted by Gasteiger charge is 2.41. The van der Waals surface area contributed by atoms with E-state index in [1.165, 1.54) is 0 Å². The van der Waals surface area contributed by atoms with Crippen LogP contribution in [-0.4, -0.2) is 79.9 Å². The van der Waals surface area contributed by atoms with E-state index >= 15 is 0 Å². The Labute approximate surface area is 320 Å². The number of aliphatic hydroxyl groups is 3. The van der Waals surface area contributed by atoms with Crippen molar-refractivity contribution in [2.75, 3.05) is 26.3 Å². The zero-order valence-electron chi connectivity index (χ0n) is 32.3. The van der Waals surface area contributed by atoms with Crippen LogP contribution in [0.3, 0.4) is 0 Å². The Morgan fingerprint density at radius 2 is 1.61 bits per heavy atom. The van der Waals surface area contributed by atoms with Gasteiger partial charge in [0.1, 0.15) is 12.4 Å². The highest BCUT2D eigenvalue weighted by Crippen LogP contribution is 2.39. The minimum atomic E-state index is -0.781. The number of hydrogen-bond acceptors (Lipinski definition) is 7. The van der Waals surface area contributed by atoms with Gasteiger partial charge in [0.15, 0.2) is 0 Å². The van der Waals surface area contributed by atoms with E-state index in [2.05, 4.69) is 11.9 Å². The maximum absolute atomic E-state index is 14.5. The van der Waals surface area contributed by atoms with Crippen molar-refractivity contribution in [1.29, 1.82) is 0 Å². The Balaban J connectivity index is 1.30. The molecular weight excluding hydrogens is 679 g/mol. The van der Waals surface area contributed by atoms with E-state index < -0.39 is 11.6 Å². The zero-order chi connectivity index (χ0) is 38.7. The smallest absolute Gasteiger partial charge is 0.254 e. The number of hydrogen-bond donors (Lipinski definition) is 3. The molecule has 288 valence electrons. The minimum Gasteiger partial charge on any atom is -0.489 e. The molecule has 3 N–H and O–H groups in total. The molecule has 1 fully saturated rings. The fraction of sp³-hybridized carbons (Fsp3) is 0.444. The van der Waals surface area contributed by atoms with Crippen LogP contribution in [0.25, 0.3) is 0 Å². The van der Waals surface area contributed by atoms with Crippen molar-refractivity contribution < 1.29 is 29.6 Å². The number of nitrogens with zero attached hydrogens (tertiary/aromatic N) is 3. The quantitative estimate of drug-likeness (QED) is 0.100. The molecule has 3 aromatic carbocycles. The van der Waals surface area contributed by atoms with Crippen LogP contribution in [0.5, 0.6) is 5.75 Å². The molecule has 4 aromatic rings.